The summed E-state index contributed by atoms with van der Waals surface area (Å²) >= 11 is 1.73. The fourth-order valence-electron chi connectivity index (χ4n) is 3.37. The van der Waals surface area contributed by atoms with Gasteiger partial charge in [-0.3, -0.25) is 9.89 Å². The number of carbonyl (C=O) groups is 1. The third-order valence-corrected chi connectivity index (χ3v) is 5.96. The van der Waals surface area contributed by atoms with Gasteiger partial charge in [0.2, 0.25) is 0 Å². The lowest BCUT2D eigenvalue weighted by atomic mass is 9.95. The van der Waals surface area contributed by atoms with Crippen LogP contribution in [0.25, 0.3) is 0 Å². The molecule has 1 aliphatic carbocycles. The van der Waals surface area contributed by atoms with Crippen LogP contribution in [0, 0.1) is 0 Å². The highest BCUT2D eigenvalue weighted by molar-refractivity contribution is 7.99. The number of thioether (sulfide) groups is 1. The van der Waals surface area contributed by atoms with Crippen molar-refractivity contribution in [3.05, 3.63) is 35.4 Å². The third-order valence-electron chi connectivity index (χ3n) is 4.73. The summed E-state index contributed by atoms with van der Waals surface area (Å²) in [5.41, 5.74) is 2.43. The van der Waals surface area contributed by atoms with Gasteiger partial charge in [-0.15, -0.1) is 0 Å². The molecule has 132 valence electrons. The van der Waals surface area contributed by atoms with Crippen molar-refractivity contribution >= 4 is 17.7 Å². The molecule has 3 heterocycles. The minimum atomic E-state index is -0.0921. The molecule has 1 fully saturated rings. The van der Waals surface area contributed by atoms with Gasteiger partial charge in [0.15, 0.2) is 10.9 Å². The first-order valence-corrected chi connectivity index (χ1v) is 9.56. The van der Waals surface area contributed by atoms with Crippen LogP contribution in [0.1, 0.15) is 47.4 Å². The topological polar surface area (TPSA) is 92.8 Å². The maximum Gasteiger partial charge on any atom is 0.272 e. The molecule has 0 saturated heterocycles. The summed E-state index contributed by atoms with van der Waals surface area (Å²) in [5, 5.41) is 11.7. The van der Waals surface area contributed by atoms with Gasteiger partial charge >= 0.3 is 0 Å². The molecule has 0 spiro atoms. The van der Waals surface area contributed by atoms with E-state index < -0.39 is 0 Å². The number of nitrogens with zero attached hydrogens (tertiary/aromatic N) is 3. The van der Waals surface area contributed by atoms with Gasteiger partial charge < -0.3 is 10.1 Å². The Balaban J connectivity index is 1.30. The van der Waals surface area contributed by atoms with Crippen molar-refractivity contribution in [2.45, 2.75) is 55.2 Å². The zero-order valence-corrected chi connectivity index (χ0v) is 14.7. The number of ether oxygens (including phenoxy) is 1. The molecule has 4 rings (SSSR count). The minimum absolute atomic E-state index is 0.0921. The molecule has 0 atom stereocenters. The number of H-pyrrole nitrogens is 1. The Hall–Kier alpha value is -1.93. The quantitative estimate of drug-likeness (QED) is 0.812. The monoisotopic (exact) mass is 359 g/mol. The van der Waals surface area contributed by atoms with Crippen molar-refractivity contribution in [3.63, 3.8) is 0 Å². The molecule has 2 aromatic heterocycles. The Labute approximate surface area is 150 Å². The van der Waals surface area contributed by atoms with E-state index in [1.54, 1.807) is 24.2 Å². The van der Waals surface area contributed by atoms with Crippen LogP contribution in [0.15, 0.2) is 23.6 Å². The zero-order valence-electron chi connectivity index (χ0n) is 13.9. The molecule has 25 heavy (non-hydrogen) atoms. The number of hydrogen-bond donors (Lipinski definition) is 2. The predicted octanol–water partition coefficient (Wildman–Crippen LogP) is 2.11. The van der Waals surface area contributed by atoms with E-state index in [4.69, 9.17) is 4.74 Å². The van der Waals surface area contributed by atoms with Crippen LogP contribution in [0.2, 0.25) is 0 Å². The van der Waals surface area contributed by atoms with E-state index in [0.717, 1.165) is 48.5 Å². The Morgan fingerprint density at radius 3 is 2.84 bits per heavy atom. The van der Waals surface area contributed by atoms with Crippen LogP contribution < -0.4 is 5.32 Å². The second kappa shape index (κ2) is 7.53. The smallest absolute Gasteiger partial charge is 0.272 e. The maximum atomic E-state index is 12.5. The molecule has 0 bridgehead atoms. The molecule has 2 aliphatic rings. The fourth-order valence-corrected chi connectivity index (χ4v) is 4.42. The van der Waals surface area contributed by atoms with Gasteiger partial charge in [0.05, 0.1) is 13.2 Å². The van der Waals surface area contributed by atoms with Crippen molar-refractivity contribution in [3.8, 4) is 0 Å². The average Bonchev–Trinajstić information content (AvgIpc) is 3.08. The lowest BCUT2D eigenvalue weighted by Gasteiger charge is -2.28. The first kappa shape index (κ1) is 16.5. The Morgan fingerprint density at radius 1 is 1.24 bits per heavy atom. The number of hydrogen-bond acceptors (Lipinski definition) is 6. The number of fused-ring (bicyclic) bond motifs is 1. The maximum absolute atomic E-state index is 12.5. The highest BCUT2D eigenvalue weighted by Gasteiger charge is 2.27. The largest absolute Gasteiger partial charge is 0.376 e. The summed E-state index contributed by atoms with van der Waals surface area (Å²) in [7, 11) is 0. The number of aromatic amines is 1. The Morgan fingerprint density at radius 2 is 2.04 bits per heavy atom. The molecular weight excluding hydrogens is 338 g/mol. The van der Waals surface area contributed by atoms with Crippen LogP contribution in [0.4, 0.5) is 0 Å². The van der Waals surface area contributed by atoms with E-state index in [0.29, 0.717) is 24.2 Å². The highest BCUT2D eigenvalue weighted by atomic mass is 32.2. The molecule has 8 heteroatoms. The van der Waals surface area contributed by atoms with Crippen LogP contribution in [-0.2, 0) is 17.8 Å². The van der Waals surface area contributed by atoms with E-state index in [1.165, 1.54) is 0 Å². The standard InChI is InChI=1S/C17H21N5O2S/c23-16(15-13-10-24-9-6-14(13)21-22-15)20-11-2-4-12(5-3-11)25-17-18-7-1-8-19-17/h1,7-8,11-12H,2-6,9-10H2,(H,20,23)(H,21,22). The van der Waals surface area contributed by atoms with Gasteiger partial charge in [0, 0.05) is 41.4 Å². The van der Waals surface area contributed by atoms with Crippen molar-refractivity contribution < 1.29 is 9.53 Å². The van der Waals surface area contributed by atoms with Gasteiger partial charge in [-0.25, -0.2) is 9.97 Å². The van der Waals surface area contributed by atoms with Gasteiger partial charge in [-0.2, -0.15) is 5.10 Å². The molecule has 2 N–H and O–H groups in total. The number of amides is 1. The Bertz CT molecular complexity index is 728. The van der Waals surface area contributed by atoms with E-state index in [2.05, 4.69) is 25.5 Å². The van der Waals surface area contributed by atoms with Crippen molar-refractivity contribution in [1.82, 2.24) is 25.5 Å². The van der Waals surface area contributed by atoms with Crippen molar-refractivity contribution in [2.75, 3.05) is 6.61 Å². The minimum Gasteiger partial charge on any atom is -0.376 e. The van der Waals surface area contributed by atoms with Gasteiger partial charge in [0.25, 0.3) is 5.91 Å². The summed E-state index contributed by atoms with van der Waals surface area (Å²) < 4.78 is 5.45. The summed E-state index contributed by atoms with van der Waals surface area (Å²) in [6.45, 7) is 1.15. The fraction of sp³-hybridized carbons (Fsp3) is 0.529. The second-order valence-electron chi connectivity index (χ2n) is 6.43. The zero-order chi connectivity index (χ0) is 17.1. The van der Waals surface area contributed by atoms with Crippen molar-refractivity contribution in [1.29, 1.82) is 0 Å². The van der Waals surface area contributed by atoms with Crippen LogP contribution >= 0.6 is 11.8 Å². The molecular formula is C17H21N5O2S. The number of rotatable bonds is 4. The highest BCUT2D eigenvalue weighted by Crippen LogP contribution is 2.32. The average molecular weight is 359 g/mol. The number of aromatic nitrogens is 4. The number of carbonyl (C=O) groups excluding carboxylic acids is 1. The predicted molar refractivity (Wildman–Crippen MR) is 93.3 cm³/mol. The molecule has 7 nitrogen and oxygen atoms in total. The lowest BCUT2D eigenvalue weighted by molar-refractivity contribution is 0.0902. The van der Waals surface area contributed by atoms with E-state index in [-0.39, 0.29) is 11.9 Å². The first-order valence-electron chi connectivity index (χ1n) is 8.68. The molecule has 0 radical (unpaired) electrons. The summed E-state index contributed by atoms with van der Waals surface area (Å²) in [6.07, 6.45) is 8.38. The molecule has 1 aliphatic heterocycles. The third kappa shape index (κ3) is 3.85. The summed E-state index contributed by atoms with van der Waals surface area (Å²) in [6, 6.07) is 2.04. The summed E-state index contributed by atoms with van der Waals surface area (Å²) in [5.74, 6) is -0.0921. The van der Waals surface area contributed by atoms with E-state index in [9.17, 15) is 4.79 Å². The van der Waals surface area contributed by atoms with Gasteiger partial charge in [0.1, 0.15) is 0 Å². The SMILES string of the molecule is O=C(NC1CCC(Sc2ncccn2)CC1)c1n[nH]c2c1COCC2. The van der Waals surface area contributed by atoms with E-state index in [1.807, 2.05) is 6.07 Å². The first-order chi connectivity index (χ1) is 12.3. The normalized spacial score (nSPS) is 23.0. The van der Waals surface area contributed by atoms with Crippen LogP contribution in [0.3, 0.4) is 0 Å². The van der Waals surface area contributed by atoms with Crippen LogP contribution in [-0.4, -0.2) is 44.0 Å². The molecule has 2 aromatic rings. The number of nitrogens with one attached hydrogen (secondary N) is 2. The van der Waals surface area contributed by atoms with Crippen molar-refractivity contribution in [2.24, 2.45) is 0 Å². The van der Waals surface area contributed by atoms with E-state index >= 15 is 0 Å². The van der Waals surface area contributed by atoms with Gasteiger partial charge in [-0.1, -0.05) is 11.8 Å². The van der Waals surface area contributed by atoms with Gasteiger partial charge in [-0.05, 0) is 31.7 Å². The molecule has 1 amide bonds. The molecule has 1 saturated carbocycles. The lowest BCUT2D eigenvalue weighted by Crippen LogP contribution is -2.38. The van der Waals surface area contributed by atoms with Crippen LogP contribution in [0.5, 0.6) is 0 Å². The molecule has 0 aromatic carbocycles. The second-order valence-corrected chi connectivity index (χ2v) is 7.70. The molecule has 0 unspecified atom stereocenters. The Kier molecular flexibility index (Phi) is 4.98. The summed E-state index contributed by atoms with van der Waals surface area (Å²) in [4.78, 5) is 21.1.